The first-order valence-electron chi connectivity index (χ1n) is 7.47. The molecular formula is C19H14BNO2. The standard InChI is InChI=1S/C19H14BNO2/c22-20(23)19-11-14-7-4-10-17(18(14)12-21-19)16-9-3-6-13-5-1-2-8-15(13)16/h1-12,22-23H. The number of hydrogen-bond donors (Lipinski definition) is 2. The molecule has 2 N–H and O–H groups in total. The molecule has 0 aliphatic rings. The predicted octanol–water partition coefficient (Wildman–Crippen LogP) is 2.73. The van der Waals surface area contributed by atoms with Crippen molar-refractivity contribution < 1.29 is 10.0 Å². The first kappa shape index (κ1) is 13.9. The molecule has 0 unspecified atom stereocenters. The molecule has 3 aromatic carbocycles. The first-order chi connectivity index (χ1) is 11.2. The highest BCUT2D eigenvalue weighted by Crippen LogP contribution is 2.33. The van der Waals surface area contributed by atoms with Crippen molar-refractivity contribution in [1.29, 1.82) is 0 Å². The summed E-state index contributed by atoms with van der Waals surface area (Å²) < 4.78 is 0. The Bertz CT molecular complexity index is 1010. The van der Waals surface area contributed by atoms with Crippen LogP contribution in [0.1, 0.15) is 0 Å². The molecule has 0 radical (unpaired) electrons. The van der Waals surface area contributed by atoms with Gasteiger partial charge in [-0.15, -0.1) is 0 Å². The van der Waals surface area contributed by atoms with Crippen molar-refractivity contribution in [2.24, 2.45) is 0 Å². The smallest absolute Gasteiger partial charge is 0.422 e. The Kier molecular flexibility index (Phi) is 3.34. The summed E-state index contributed by atoms with van der Waals surface area (Å²) in [6.45, 7) is 0. The van der Waals surface area contributed by atoms with Crippen LogP contribution in [0.15, 0.2) is 72.9 Å². The van der Waals surface area contributed by atoms with Gasteiger partial charge in [0.15, 0.2) is 0 Å². The van der Waals surface area contributed by atoms with E-state index in [4.69, 9.17) is 0 Å². The van der Waals surface area contributed by atoms with Gasteiger partial charge in [-0.1, -0.05) is 60.7 Å². The monoisotopic (exact) mass is 299 g/mol. The van der Waals surface area contributed by atoms with Crippen LogP contribution in [0, 0.1) is 0 Å². The number of hydrogen-bond acceptors (Lipinski definition) is 3. The second-order valence-corrected chi connectivity index (χ2v) is 5.54. The molecule has 0 saturated heterocycles. The van der Waals surface area contributed by atoms with Crippen LogP contribution >= 0.6 is 0 Å². The Morgan fingerprint density at radius 2 is 1.35 bits per heavy atom. The van der Waals surface area contributed by atoms with Crippen LogP contribution in [0.3, 0.4) is 0 Å². The van der Waals surface area contributed by atoms with E-state index in [2.05, 4.69) is 41.4 Å². The summed E-state index contributed by atoms with van der Waals surface area (Å²) in [6, 6.07) is 22.3. The highest BCUT2D eigenvalue weighted by Gasteiger charge is 2.14. The van der Waals surface area contributed by atoms with Crippen molar-refractivity contribution in [3.05, 3.63) is 72.9 Å². The lowest BCUT2D eigenvalue weighted by Gasteiger charge is -2.11. The first-order valence-corrected chi connectivity index (χ1v) is 7.47. The zero-order valence-electron chi connectivity index (χ0n) is 12.3. The maximum atomic E-state index is 9.30. The third-order valence-electron chi connectivity index (χ3n) is 4.13. The Morgan fingerprint density at radius 3 is 2.13 bits per heavy atom. The van der Waals surface area contributed by atoms with Crippen LogP contribution in [0.2, 0.25) is 0 Å². The largest absolute Gasteiger partial charge is 0.508 e. The fourth-order valence-corrected chi connectivity index (χ4v) is 3.03. The Labute approximate surface area is 134 Å². The van der Waals surface area contributed by atoms with Crippen LogP contribution in [-0.2, 0) is 0 Å². The summed E-state index contributed by atoms with van der Waals surface area (Å²) in [5.41, 5.74) is 2.49. The van der Waals surface area contributed by atoms with Crippen LogP contribution in [0.4, 0.5) is 0 Å². The van der Waals surface area contributed by atoms with Gasteiger partial charge in [0.25, 0.3) is 0 Å². The topological polar surface area (TPSA) is 53.4 Å². The normalized spacial score (nSPS) is 11.0. The van der Waals surface area contributed by atoms with Gasteiger partial charge in [0, 0.05) is 11.6 Å². The van der Waals surface area contributed by atoms with Gasteiger partial charge in [0.1, 0.15) is 0 Å². The highest BCUT2D eigenvalue weighted by molar-refractivity contribution is 6.57. The molecule has 110 valence electrons. The minimum atomic E-state index is -1.55. The van der Waals surface area contributed by atoms with E-state index >= 15 is 0 Å². The summed E-state index contributed by atoms with van der Waals surface area (Å²) in [5.74, 6) is 0. The molecule has 0 spiro atoms. The lowest BCUT2D eigenvalue weighted by Crippen LogP contribution is -2.32. The molecule has 4 aromatic rings. The number of rotatable bonds is 2. The summed E-state index contributed by atoms with van der Waals surface area (Å²) >= 11 is 0. The number of nitrogens with zero attached hydrogens (tertiary/aromatic N) is 1. The second-order valence-electron chi connectivity index (χ2n) is 5.54. The van der Waals surface area contributed by atoms with Crippen LogP contribution in [-0.4, -0.2) is 22.2 Å². The number of benzene rings is 3. The van der Waals surface area contributed by atoms with Gasteiger partial charge in [0.05, 0.1) is 5.59 Å². The number of aromatic nitrogens is 1. The maximum absolute atomic E-state index is 9.30. The average Bonchev–Trinajstić information content (AvgIpc) is 2.60. The molecule has 3 nitrogen and oxygen atoms in total. The third kappa shape index (κ3) is 2.38. The average molecular weight is 299 g/mol. The number of fused-ring (bicyclic) bond motifs is 2. The summed E-state index contributed by atoms with van der Waals surface area (Å²) in [6.07, 6.45) is 1.71. The van der Waals surface area contributed by atoms with E-state index in [1.165, 1.54) is 10.8 Å². The Balaban J connectivity index is 2.01. The van der Waals surface area contributed by atoms with Crippen LogP contribution < -0.4 is 5.59 Å². The van der Waals surface area contributed by atoms with E-state index in [-0.39, 0.29) is 5.59 Å². The Hall–Kier alpha value is -2.69. The lowest BCUT2D eigenvalue weighted by atomic mass is 9.84. The van der Waals surface area contributed by atoms with Crippen molar-refractivity contribution >= 4 is 34.3 Å². The summed E-state index contributed by atoms with van der Waals surface area (Å²) in [7, 11) is -1.55. The van der Waals surface area contributed by atoms with E-state index in [1.54, 1.807) is 12.3 Å². The molecule has 1 heterocycles. The molecule has 1 aromatic heterocycles. The van der Waals surface area contributed by atoms with Gasteiger partial charge < -0.3 is 10.0 Å². The molecular weight excluding hydrogens is 285 g/mol. The molecule has 0 saturated carbocycles. The summed E-state index contributed by atoms with van der Waals surface area (Å²) in [5, 5.41) is 22.9. The van der Waals surface area contributed by atoms with Crippen molar-refractivity contribution in [1.82, 2.24) is 4.98 Å². The van der Waals surface area contributed by atoms with E-state index in [0.29, 0.717) is 0 Å². The maximum Gasteiger partial charge on any atom is 0.508 e. The van der Waals surface area contributed by atoms with Crippen LogP contribution in [0.25, 0.3) is 32.7 Å². The van der Waals surface area contributed by atoms with E-state index < -0.39 is 7.12 Å². The van der Waals surface area contributed by atoms with Crippen molar-refractivity contribution in [2.75, 3.05) is 0 Å². The Morgan fingerprint density at radius 1 is 0.696 bits per heavy atom. The van der Waals surface area contributed by atoms with Gasteiger partial charge in [0.2, 0.25) is 0 Å². The minimum absolute atomic E-state index is 0.257. The quantitative estimate of drug-likeness (QED) is 0.560. The van der Waals surface area contributed by atoms with Gasteiger partial charge in [-0.2, -0.15) is 0 Å². The highest BCUT2D eigenvalue weighted by atomic mass is 16.4. The molecule has 0 aliphatic carbocycles. The fourth-order valence-electron chi connectivity index (χ4n) is 3.03. The van der Waals surface area contributed by atoms with Gasteiger partial charge >= 0.3 is 7.12 Å². The lowest BCUT2D eigenvalue weighted by molar-refractivity contribution is 0.424. The molecule has 0 fully saturated rings. The molecule has 23 heavy (non-hydrogen) atoms. The van der Waals surface area contributed by atoms with Gasteiger partial charge in [-0.25, -0.2) is 0 Å². The van der Waals surface area contributed by atoms with Crippen molar-refractivity contribution in [3.8, 4) is 11.1 Å². The third-order valence-corrected chi connectivity index (χ3v) is 4.13. The minimum Gasteiger partial charge on any atom is -0.422 e. The van der Waals surface area contributed by atoms with Gasteiger partial charge in [-0.3, -0.25) is 4.98 Å². The van der Waals surface area contributed by atoms with Crippen molar-refractivity contribution in [2.45, 2.75) is 0 Å². The molecule has 0 atom stereocenters. The van der Waals surface area contributed by atoms with Crippen molar-refractivity contribution in [3.63, 3.8) is 0 Å². The molecule has 4 heteroatoms. The second kappa shape index (κ2) is 5.50. The molecule has 0 aliphatic heterocycles. The predicted molar refractivity (Wildman–Crippen MR) is 94.5 cm³/mol. The SMILES string of the molecule is OB(O)c1cc2cccc(-c3cccc4ccccc34)c2cn1. The fraction of sp³-hybridized carbons (Fsp3) is 0. The van der Waals surface area contributed by atoms with E-state index in [1.807, 2.05) is 24.3 Å². The summed E-state index contributed by atoms with van der Waals surface area (Å²) in [4.78, 5) is 4.17. The zero-order chi connectivity index (χ0) is 15.8. The van der Waals surface area contributed by atoms with E-state index in [0.717, 1.165) is 21.9 Å². The van der Waals surface area contributed by atoms with Crippen LogP contribution in [0.5, 0.6) is 0 Å². The number of pyridine rings is 1. The molecule has 4 rings (SSSR count). The van der Waals surface area contributed by atoms with E-state index in [9.17, 15) is 10.0 Å². The molecule has 0 bridgehead atoms. The van der Waals surface area contributed by atoms with Gasteiger partial charge in [-0.05, 0) is 33.4 Å². The zero-order valence-corrected chi connectivity index (χ0v) is 12.3. The molecule has 0 amide bonds.